The van der Waals surface area contributed by atoms with Gasteiger partial charge < -0.3 is 15.0 Å². The first-order chi connectivity index (χ1) is 11.9. The molecule has 1 aromatic carbocycles. The molecular weight excluding hydrogens is 330 g/mol. The van der Waals surface area contributed by atoms with E-state index in [1.807, 2.05) is 0 Å². The van der Waals surface area contributed by atoms with Gasteiger partial charge in [0.1, 0.15) is 18.2 Å². The van der Waals surface area contributed by atoms with Gasteiger partial charge in [-0.3, -0.25) is 9.59 Å². The molecule has 7 heteroatoms. The number of amides is 1. The van der Waals surface area contributed by atoms with Crippen molar-refractivity contribution in [1.29, 1.82) is 0 Å². The molecule has 0 spiro atoms. The van der Waals surface area contributed by atoms with E-state index in [0.29, 0.717) is 12.8 Å². The van der Waals surface area contributed by atoms with Gasteiger partial charge in [-0.25, -0.2) is 8.78 Å². The average Bonchev–Trinajstić information content (AvgIpc) is 2.53. The fraction of sp³-hybridized carbons (Fsp3) is 0.333. The Morgan fingerprint density at radius 3 is 2.68 bits per heavy atom. The fourth-order valence-corrected chi connectivity index (χ4v) is 3.07. The largest absolute Gasteiger partial charge is 0.393 e. The summed E-state index contributed by atoms with van der Waals surface area (Å²) < 4.78 is 28.5. The van der Waals surface area contributed by atoms with Gasteiger partial charge in [-0.2, -0.15) is 0 Å². The molecule has 0 saturated heterocycles. The fourth-order valence-electron chi connectivity index (χ4n) is 3.07. The first kappa shape index (κ1) is 17.3. The van der Waals surface area contributed by atoms with Crippen LogP contribution in [0, 0.1) is 17.6 Å². The first-order valence-electron chi connectivity index (χ1n) is 8.02. The molecule has 0 radical (unpaired) electrons. The average molecular weight is 348 g/mol. The van der Waals surface area contributed by atoms with Crippen molar-refractivity contribution >= 4 is 5.91 Å². The number of aliphatic hydroxyl groups excluding tert-OH is 1. The number of nitrogens with one attached hydrogen (secondary N) is 1. The number of carbonyl (C=O) groups is 1. The number of aliphatic hydroxyl groups is 1. The zero-order valence-electron chi connectivity index (χ0n) is 13.4. The number of aromatic nitrogens is 1. The zero-order valence-corrected chi connectivity index (χ0v) is 13.4. The maximum Gasteiger partial charge on any atom is 0.250 e. The van der Waals surface area contributed by atoms with Crippen molar-refractivity contribution in [1.82, 2.24) is 9.88 Å². The quantitative estimate of drug-likeness (QED) is 0.865. The Hall–Kier alpha value is -2.54. The lowest BCUT2D eigenvalue weighted by Gasteiger charge is -2.38. The molecule has 1 aliphatic rings. The van der Waals surface area contributed by atoms with E-state index in [1.165, 1.54) is 22.9 Å². The van der Waals surface area contributed by atoms with Gasteiger partial charge in [-0.05, 0) is 30.9 Å². The molecule has 25 heavy (non-hydrogen) atoms. The first-order valence-corrected chi connectivity index (χ1v) is 8.02. The summed E-state index contributed by atoms with van der Waals surface area (Å²) in [7, 11) is 0. The molecule has 3 rings (SSSR count). The molecular formula is C18H18F2N2O3. The van der Waals surface area contributed by atoms with E-state index >= 15 is 0 Å². The van der Waals surface area contributed by atoms with Crippen molar-refractivity contribution in [2.75, 3.05) is 0 Å². The molecule has 5 nitrogen and oxygen atoms in total. The molecule has 0 aliphatic heterocycles. The van der Waals surface area contributed by atoms with Crippen LogP contribution in [0.25, 0.3) is 0 Å². The highest BCUT2D eigenvalue weighted by Crippen LogP contribution is 2.38. The topological polar surface area (TPSA) is 71.3 Å². The Bertz CT molecular complexity index is 831. The monoisotopic (exact) mass is 348 g/mol. The highest BCUT2D eigenvalue weighted by molar-refractivity contribution is 5.76. The molecule has 2 N–H and O–H groups in total. The summed E-state index contributed by atoms with van der Waals surface area (Å²) in [4.78, 5) is 24.0. The Kier molecular flexibility index (Phi) is 4.94. The third-order valence-electron chi connectivity index (χ3n) is 4.45. The minimum atomic E-state index is -0.747. The van der Waals surface area contributed by atoms with E-state index in [0.717, 1.165) is 12.1 Å². The highest BCUT2D eigenvalue weighted by atomic mass is 19.1. The lowest BCUT2D eigenvalue weighted by molar-refractivity contribution is -0.123. The van der Waals surface area contributed by atoms with Gasteiger partial charge in [0.05, 0.1) is 12.1 Å². The van der Waals surface area contributed by atoms with Crippen molar-refractivity contribution < 1.29 is 18.7 Å². The van der Waals surface area contributed by atoms with Crippen LogP contribution >= 0.6 is 0 Å². The van der Waals surface area contributed by atoms with Crippen molar-refractivity contribution in [2.45, 2.75) is 31.5 Å². The van der Waals surface area contributed by atoms with E-state index in [2.05, 4.69) is 5.32 Å². The van der Waals surface area contributed by atoms with Crippen molar-refractivity contribution in [3.8, 4) is 0 Å². The lowest BCUT2D eigenvalue weighted by Crippen LogP contribution is -2.43. The van der Waals surface area contributed by atoms with E-state index in [4.69, 9.17) is 0 Å². The summed E-state index contributed by atoms with van der Waals surface area (Å²) >= 11 is 0. The summed E-state index contributed by atoms with van der Waals surface area (Å²) in [6.07, 6.45) is 1.85. The summed E-state index contributed by atoms with van der Waals surface area (Å²) in [6.45, 7) is -0.200. The molecule has 1 saturated carbocycles. The van der Waals surface area contributed by atoms with Gasteiger partial charge in [-0.1, -0.05) is 12.1 Å². The predicted molar refractivity (Wildman–Crippen MR) is 86.7 cm³/mol. The van der Waals surface area contributed by atoms with E-state index in [-0.39, 0.29) is 23.6 Å². The van der Waals surface area contributed by atoms with Gasteiger partial charge >= 0.3 is 0 Å². The minimum Gasteiger partial charge on any atom is -0.393 e. The van der Waals surface area contributed by atoms with E-state index in [9.17, 15) is 23.5 Å². The molecule has 1 heterocycles. The van der Waals surface area contributed by atoms with Crippen molar-refractivity contribution in [2.24, 2.45) is 5.92 Å². The molecule has 1 amide bonds. The Labute approximate surface area is 142 Å². The lowest BCUT2D eigenvalue weighted by atomic mass is 9.75. The van der Waals surface area contributed by atoms with Crippen molar-refractivity contribution in [3.05, 3.63) is 70.1 Å². The van der Waals surface area contributed by atoms with Crippen molar-refractivity contribution in [3.63, 3.8) is 0 Å². The third-order valence-corrected chi connectivity index (χ3v) is 4.45. The van der Waals surface area contributed by atoms with Crippen LogP contribution < -0.4 is 10.9 Å². The number of pyridine rings is 1. The standard InChI is InChI=1S/C18H18F2N2O3/c19-12-4-5-14(15(20)9-12)18(11-7-13(23)8-11)21-16(24)10-22-6-2-1-3-17(22)25/h1-6,9,11,13,18,23H,7-8,10H2,(H,21,24). The summed E-state index contributed by atoms with van der Waals surface area (Å²) in [5, 5.41) is 12.2. The van der Waals surface area contributed by atoms with E-state index < -0.39 is 29.7 Å². The number of halogens is 2. The number of hydrogen-bond acceptors (Lipinski definition) is 3. The van der Waals surface area contributed by atoms with Gasteiger partial charge in [-0.15, -0.1) is 0 Å². The van der Waals surface area contributed by atoms with Crippen LogP contribution in [0.4, 0.5) is 8.78 Å². The van der Waals surface area contributed by atoms with Crippen LogP contribution in [0.2, 0.25) is 0 Å². The van der Waals surface area contributed by atoms with Gasteiger partial charge in [0.25, 0.3) is 5.56 Å². The van der Waals surface area contributed by atoms with Gasteiger partial charge in [0, 0.05) is 23.9 Å². The molecule has 2 aromatic rings. The second-order valence-corrected chi connectivity index (χ2v) is 6.26. The Balaban J connectivity index is 1.79. The van der Waals surface area contributed by atoms with Crippen LogP contribution in [0.3, 0.4) is 0 Å². The van der Waals surface area contributed by atoms with Crippen LogP contribution in [0.5, 0.6) is 0 Å². The van der Waals surface area contributed by atoms with Crippen LogP contribution in [-0.4, -0.2) is 21.7 Å². The van der Waals surface area contributed by atoms with Crippen LogP contribution in [0.1, 0.15) is 24.4 Å². The Morgan fingerprint density at radius 1 is 1.28 bits per heavy atom. The van der Waals surface area contributed by atoms with Gasteiger partial charge in [0.2, 0.25) is 5.91 Å². The van der Waals surface area contributed by atoms with Crippen LogP contribution in [0.15, 0.2) is 47.4 Å². The molecule has 1 fully saturated rings. The number of carbonyl (C=O) groups excluding carboxylic acids is 1. The molecule has 1 aliphatic carbocycles. The third kappa shape index (κ3) is 3.93. The summed E-state index contributed by atoms with van der Waals surface area (Å²) in [5.41, 5.74) is -0.145. The molecule has 1 aromatic heterocycles. The predicted octanol–water partition coefficient (Wildman–Crippen LogP) is 1.75. The SMILES string of the molecule is O=C(Cn1ccccc1=O)NC(c1ccc(F)cc1F)C1CC(O)C1. The molecule has 1 unspecified atom stereocenters. The van der Waals surface area contributed by atoms with E-state index in [1.54, 1.807) is 12.1 Å². The normalized spacial score (nSPS) is 20.6. The maximum absolute atomic E-state index is 14.2. The number of nitrogens with zero attached hydrogens (tertiary/aromatic N) is 1. The Morgan fingerprint density at radius 2 is 2.04 bits per heavy atom. The highest BCUT2D eigenvalue weighted by Gasteiger charge is 2.36. The molecule has 132 valence electrons. The second-order valence-electron chi connectivity index (χ2n) is 6.26. The number of rotatable bonds is 5. The maximum atomic E-state index is 14.2. The summed E-state index contributed by atoms with van der Waals surface area (Å²) in [5.74, 6) is -2.05. The zero-order chi connectivity index (χ0) is 18.0. The van der Waals surface area contributed by atoms with Gasteiger partial charge in [0.15, 0.2) is 0 Å². The smallest absolute Gasteiger partial charge is 0.250 e. The molecule has 0 bridgehead atoms. The number of benzene rings is 1. The molecule has 1 atom stereocenters. The number of hydrogen-bond donors (Lipinski definition) is 2. The second kappa shape index (κ2) is 7.14. The van der Waals surface area contributed by atoms with Crippen LogP contribution in [-0.2, 0) is 11.3 Å². The summed E-state index contributed by atoms with van der Waals surface area (Å²) in [6, 6.07) is 7.06. The minimum absolute atomic E-state index is 0.147.